The van der Waals surface area contributed by atoms with Gasteiger partial charge in [0.15, 0.2) is 0 Å². The zero-order valence-electron chi connectivity index (χ0n) is 15.5. The fraction of sp³-hybridized carbons (Fsp3) is 0.667. The van der Waals surface area contributed by atoms with Crippen LogP contribution in [0.15, 0.2) is 24.3 Å². The van der Waals surface area contributed by atoms with E-state index in [9.17, 15) is 9.59 Å². The first-order valence-corrected chi connectivity index (χ1v) is 8.30. The Morgan fingerprint density at radius 2 is 1.08 bits per heavy atom. The van der Waals surface area contributed by atoms with E-state index in [-0.39, 0.29) is 12.2 Å². The van der Waals surface area contributed by atoms with E-state index < -0.39 is 24.1 Å². The van der Waals surface area contributed by atoms with Crippen molar-refractivity contribution in [2.75, 3.05) is 13.2 Å². The quantitative estimate of drug-likeness (QED) is 0.425. The number of ether oxygens (including phenoxy) is 4. The topological polar surface area (TPSA) is 71.1 Å². The van der Waals surface area contributed by atoms with Gasteiger partial charge in [0.1, 0.15) is 12.2 Å². The first-order chi connectivity index (χ1) is 11.3. The van der Waals surface area contributed by atoms with Gasteiger partial charge in [-0.1, -0.05) is 0 Å². The summed E-state index contributed by atoms with van der Waals surface area (Å²) in [5, 5.41) is 0. The van der Waals surface area contributed by atoms with Gasteiger partial charge in [0, 0.05) is 12.2 Å². The summed E-state index contributed by atoms with van der Waals surface area (Å²) in [5.41, 5.74) is 0. The van der Waals surface area contributed by atoms with Crippen molar-refractivity contribution in [2.24, 2.45) is 0 Å². The van der Waals surface area contributed by atoms with Crippen molar-refractivity contribution in [1.29, 1.82) is 0 Å². The molecule has 0 fully saturated rings. The lowest BCUT2D eigenvalue weighted by Gasteiger charge is -2.26. The van der Waals surface area contributed by atoms with E-state index in [1.165, 1.54) is 12.2 Å². The van der Waals surface area contributed by atoms with E-state index in [0.717, 1.165) is 0 Å². The van der Waals surface area contributed by atoms with Gasteiger partial charge in [0.05, 0.1) is 25.4 Å². The van der Waals surface area contributed by atoms with Gasteiger partial charge in [0.2, 0.25) is 0 Å². The minimum absolute atomic E-state index is 0.0869. The highest BCUT2D eigenvalue weighted by Crippen LogP contribution is 2.13. The lowest BCUT2D eigenvalue weighted by Crippen LogP contribution is -2.33. The molecular weight excluding hydrogens is 312 g/mol. The van der Waals surface area contributed by atoms with Gasteiger partial charge < -0.3 is 18.9 Å². The normalized spacial score (nSPS) is 14.5. The molecule has 6 nitrogen and oxygen atoms in total. The molecule has 24 heavy (non-hydrogen) atoms. The van der Waals surface area contributed by atoms with E-state index >= 15 is 0 Å². The molecule has 0 amide bonds. The molecule has 0 rings (SSSR count). The maximum Gasteiger partial charge on any atom is 0.330 e. The average molecular weight is 342 g/mol. The Balaban J connectivity index is 5.24. The van der Waals surface area contributed by atoms with Crippen LogP contribution in [0.3, 0.4) is 0 Å². The zero-order valence-corrected chi connectivity index (χ0v) is 15.5. The van der Waals surface area contributed by atoms with E-state index in [1.54, 1.807) is 26.0 Å². The molecule has 0 aliphatic carbocycles. The van der Waals surface area contributed by atoms with Crippen LogP contribution < -0.4 is 0 Å². The largest absolute Gasteiger partial charge is 0.463 e. The van der Waals surface area contributed by atoms with E-state index in [4.69, 9.17) is 18.9 Å². The highest BCUT2D eigenvalue weighted by atomic mass is 16.6. The summed E-state index contributed by atoms with van der Waals surface area (Å²) in [6.45, 7) is 11.6. The van der Waals surface area contributed by atoms with Crippen LogP contribution in [0.25, 0.3) is 0 Å². The van der Waals surface area contributed by atoms with Crippen LogP contribution in [0.1, 0.15) is 41.5 Å². The summed E-state index contributed by atoms with van der Waals surface area (Å²) in [7, 11) is 0. The molecule has 6 heteroatoms. The van der Waals surface area contributed by atoms with Crippen LogP contribution >= 0.6 is 0 Å². The molecule has 0 aliphatic heterocycles. The van der Waals surface area contributed by atoms with Crippen LogP contribution in [0.5, 0.6) is 0 Å². The number of rotatable bonds is 11. The van der Waals surface area contributed by atoms with Crippen LogP contribution in [0.4, 0.5) is 0 Å². The van der Waals surface area contributed by atoms with Crippen molar-refractivity contribution in [3.63, 3.8) is 0 Å². The van der Waals surface area contributed by atoms with Crippen LogP contribution in [0.2, 0.25) is 0 Å². The number of hydrogen-bond donors (Lipinski definition) is 0. The maximum atomic E-state index is 11.5. The molecular formula is C18H30O6. The summed E-state index contributed by atoms with van der Waals surface area (Å²) < 4.78 is 21.4. The Morgan fingerprint density at radius 3 is 1.33 bits per heavy atom. The number of hydrogen-bond acceptors (Lipinski definition) is 6. The Labute approximate surface area is 144 Å². The molecule has 0 spiro atoms. The Hall–Kier alpha value is -1.66. The summed E-state index contributed by atoms with van der Waals surface area (Å²) in [6, 6.07) is 0. The van der Waals surface area contributed by atoms with Crippen molar-refractivity contribution < 1.29 is 28.5 Å². The standard InChI is InChI=1S/C18H30O6/c1-7-21-17(19)11-9-15(23-13(3)4)16(24-14(5)6)10-12-18(20)22-8-2/h9-16H,7-8H2,1-6H3/b11-9+,12-10+/t15-,16-/m1/s1. The third-order valence-corrected chi connectivity index (χ3v) is 2.60. The molecule has 0 heterocycles. The van der Waals surface area contributed by atoms with Gasteiger partial charge in [-0.05, 0) is 53.7 Å². The molecule has 0 aromatic rings. The van der Waals surface area contributed by atoms with Gasteiger partial charge in [-0.25, -0.2) is 9.59 Å². The molecule has 0 unspecified atom stereocenters. The first kappa shape index (κ1) is 22.3. The van der Waals surface area contributed by atoms with Crippen LogP contribution in [-0.4, -0.2) is 49.6 Å². The molecule has 0 aliphatic rings. The maximum absolute atomic E-state index is 11.5. The van der Waals surface area contributed by atoms with Gasteiger partial charge in [-0.15, -0.1) is 0 Å². The molecule has 0 aromatic heterocycles. The van der Waals surface area contributed by atoms with Crippen molar-refractivity contribution >= 4 is 11.9 Å². The van der Waals surface area contributed by atoms with E-state index in [0.29, 0.717) is 13.2 Å². The highest BCUT2D eigenvalue weighted by Gasteiger charge is 2.21. The van der Waals surface area contributed by atoms with Gasteiger partial charge in [-0.2, -0.15) is 0 Å². The molecule has 0 bridgehead atoms. The average Bonchev–Trinajstić information content (AvgIpc) is 2.47. The molecule has 0 N–H and O–H groups in total. The third kappa shape index (κ3) is 11.0. The van der Waals surface area contributed by atoms with Crippen molar-refractivity contribution in [1.82, 2.24) is 0 Å². The summed E-state index contributed by atoms with van der Waals surface area (Å²) in [5.74, 6) is -0.903. The smallest absolute Gasteiger partial charge is 0.330 e. The first-order valence-electron chi connectivity index (χ1n) is 8.30. The zero-order chi connectivity index (χ0) is 18.5. The fourth-order valence-electron chi connectivity index (χ4n) is 1.82. The second-order valence-corrected chi connectivity index (χ2v) is 5.52. The highest BCUT2D eigenvalue weighted by molar-refractivity contribution is 5.82. The summed E-state index contributed by atoms with van der Waals surface area (Å²) in [4.78, 5) is 23.1. The third-order valence-electron chi connectivity index (χ3n) is 2.60. The van der Waals surface area contributed by atoms with Gasteiger partial charge in [0.25, 0.3) is 0 Å². The second-order valence-electron chi connectivity index (χ2n) is 5.52. The molecule has 0 aromatic carbocycles. The Bertz CT molecular complexity index is 385. The van der Waals surface area contributed by atoms with E-state index in [2.05, 4.69) is 0 Å². The van der Waals surface area contributed by atoms with Crippen molar-refractivity contribution in [3.05, 3.63) is 24.3 Å². The Kier molecular flexibility index (Phi) is 11.8. The second kappa shape index (κ2) is 12.7. The lowest BCUT2D eigenvalue weighted by molar-refractivity contribution is -0.138. The summed E-state index contributed by atoms with van der Waals surface area (Å²) >= 11 is 0. The molecule has 0 saturated carbocycles. The van der Waals surface area contributed by atoms with Crippen molar-refractivity contribution in [3.8, 4) is 0 Å². The predicted octanol–water partition coefficient (Wildman–Crippen LogP) is 2.81. The van der Waals surface area contributed by atoms with Crippen LogP contribution in [-0.2, 0) is 28.5 Å². The van der Waals surface area contributed by atoms with Crippen molar-refractivity contribution in [2.45, 2.75) is 66.0 Å². The molecule has 2 atom stereocenters. The molecule has 0 radical (unpaired) electrons. The van der Waals surface area contributed by atoms with Gasteiger partial charge in [-0.3, -0.25) is 0 Å². The Morgan fingerprint density at radius 1 is 0.750 bits per heavy atom. The van der Waals surface area contributed by atoms with Gasteiger partial charge >= 0.3 is 11.9 Å². The van der Waals surface area contributed by atoms with E-state index in [1.807, 2.05) is 27.7 Å². The lowest BCUT2D eigenvalue weighted by atomic mass is 10.1. The fourth-order valence-corrected chi connectivity index (χ4v) is 1.82. The predicted molar refractivity (Wildman–Crippen MR) is 91.6 cm³/mol. The SMILES string of the molecule is CCOC(=O)/C=C/[C@@H](OC(C)C)[C@@H](/C=C/C(=O)OCC)OC(C)C. The van der Waals surface area contributed by atoms with Crippen LogP contribution in [0, 0.1) is 0 Å². The number of esters is 2. The molecule has 0 saturated heterocycles. The monoisotopic (exact) mass is 342 g/mol. The minimum Gasteiger partial charge on any atom is -0.463 e. The number of carbonyl (C=O) groups is 2. The minimum atomic E-state index is -0.539. The molecule has 138 valence electrons. The summed E-state index contributed by atoms with van der Waals surface area (Å²) in [6.07, 6.45) is 4.54. The number of carbonyl (C=O) groups excluding carboxylic acids is 2.